The highest BCUT2D eigenvalue weighted by molar-refractivity contribution is 5.97. The zero-order chi connectivity index (χ0) is 21.8. The number of carbonyl (C=O) groups is 1. The number of rotatable bonds is 5. The van der Waals surface area contributed by atoms with Gasteiger partial charge in [0, 0.05) is 36.5 Å². The van der Waals surface area contributed by atoms with Crippen LogP contribution in [0, 0.1) is 6.92 Å². The van der Waals surface area contributed by atoms with E-state index in [0.29, 0.717) is 23.6 Å². The summed E-state index contributed by atoms with van der Waals surface area (Å²) >= 11 is 0. The minimum absolute atomic E-state index is 0.0138. The number of piperidine rings is 1. The average molecular weight is 417 g/mol. The van der Waals surface area contributed by atoms with Crippen LogP contribution in [-0.2, 0) is 0 Å². The number of nitrogens with zero attached hydrogens (tertiary/aromatic N) is 2. The summed E-state index contributed by atoms with van der Waals surface area (Å²) in [6, 6.07) is 20.0. The van der Waals surface area contributed by atoms with Crippen LogP contribution in [0.3, 0.4) is 0 Å². The Balaban J connectivity index is 1.58. The summed E-state index contributed by atoms with van der Waals surface area (Å²) < 4.78 is 10.7. The molecule has 0 saturated carbocycles. The molecule has 1 aromatic heterocycles. The van der Waals surface area contributed by atoms with E-state index in [1.807, 2.05) is 30.0 Å². The number of hydrogen-bond acceptors (Lipinski definition) is 4. The maximum absolute atomic E-state index is 13.3. The van der Waals surface area contributed by atoms with Crippen molar-refractivity contribution in [1.82, 2.24) is 9.88 Å². The molecule has 31 heavy (non-hydrogen) atoms. The summed E-state index contributed by atoms with van der Waals surface area (Å²) in [5.74, 6) is 1.40. The van der Waals surface area contributed by atoms with Crippen molar-refractivity contribution in [2.45, 2.75) is 25.7 Å². The normalized spacial score (nSPS) is 16.1. The van der Waals surface area contributed by atoms with Crippen LogP contribution in [0.25, 0.3) is 11.1 Å². The molecule has 0 radical (unpaired) electrons. The molecule has 5 heteroatoms. The van der Waals surface area contributed by atoms with Crippen LogP contribution in [-0.4, -0.2) is 43.1 Å². The van der Waals surface area contributed by atoms with Gasteiger partial charge in [0.05, 0.1) is 19.8 Å². The van der Waals surface area contributed by atoms with E-state index in [0.717, 1.165) is 30.8 Å². The largest absolute Gasteiger partial charge is 0.497 e. The smallest absolute Gasteiger partial charge is 0.257 e. The Hall–Kier alpha value is -3.34. The molecule has 0 bridgehead atoms. The molecule has 4 rings (SSSR count). The first kappa shape index (κ1) is 20.9. The molecule has 1 fully saturated rings. The van der Waals surface area contributed by atoms with Crippen molar-refractivity contribution in [3.05, 3.63) is 77.6 Å². The molecule has 5 nitrogen and oxygen atoms in total. The van der Waals surface area contributed by atoms with Gasteiger partial charge in [0.1, 0.15) is 11.5 Å². The second-order valence-electron chi connectivity index (χ2n) is 7.94. The molecule has 1 saturated heterocycles. The number of methoxy groups -OCH3 is 2. The lowest BCUT2D eigenvalue weighted by Crippen LogP contribution is -2.39. The van der Waals surface area contributed by atoms with Gasteiger partial charge in [0.2, 0.25) is 0 Å². The van der Waals surface area contributed by atoms with Gasteiger partial charge in [0.25, 0.3) is 5.91 Å². The fourth-order valence-corrected chi connectivity index (χ4v) is 4.25. The van der Waals surface area contributed by atoms with E-state index in [1.54, 1.807) is 32.4 Å². The van der Waals surface area contributed by atoms with E-state index < -0.39 is 0 Å². The highest BCUT2D eigenvalue weighted by Crippen LogP contribution is 2.32. The average Bonchev–Trinajstić information content (AvgIpc) is 2.83. The lowest BCUT2D eigenvalue weighted by Gasteiger charge is -2.33. The number of pyridine rings is 1. The number of likely N-dealkylation sites (tertiary alicyclic amines) is 1. The van der Waals surface area contributed by atoms with Gasteiger partial charge in [-0.05, 0) is 55.2 Å². The number of amides is 1. The first-order chi connectivity index (χ1) is 15.1. The lowest BCUT2D eigenvalue weighted by atomic mass is 9.91. The Kier molecular flexibility index (Phi) is 6.21. The Bertz CT molecular complexity index is 1070. The van der Waals surface area contributed by atoms with E-state index in [2.05, 4.69) is 24.3 Å². The minimum atomic E-state index is -0.0138. The minimum Gasteiger partial charge on any atom is -0.497 e. The third-order valence-electron chi connectivity index (χ3n) is 5.85. The summed E-state index contributed by atoms with van der Waals surface area (Å²) in [6.45, 7) is 3.42. The summed E-state index contributed by atoms with van der Waals surface area (Å²) in [7, 11) is 3.18. The Morgan fingerprint density at radius 1 is 1.00 bits per heavy atom. The molecular formula is C26H28N2O3. The van der Waals surface area contributed by atoms with Crippen molar-refractivity contribution in [3.63, 3.8) is 0 Å². The van der Waals surface area contributed by atoms with E-state index in [-0.39, 0.29) is 11.8 Å². The van der Waals surface area contributed by atoms with Crippen molar-refractivity contribution in [3.8, 4) is 22.6 Å². The third-order valence-corrected chi connectivity index (χ3v) is 5.85. The Morgan fingerprint density at radius 3 is 2.55 bits per heavy atom. The van der Waals surface area contributed by atoms with Gasteiger partial charge in [-0.15, -0.1) is 0 Å². The summed E-state index contributed by atoms with van der Waals surface area (Å²) in [6.07, 6.45) is 1.97. The number of benzene rings is 2. The molecule has 1 aliphatic heterocycles. The number of aromatic nitrogens is 1. The van der Waals surface area contributed by atoms with Gasteiger partial charge >= 0.3 is 0 Å². The van der Waals surface area contributed by atoms with Crippen molar-refractivity contribution >= 4 is 5.91 Å². The standard InChI is InChI=1S/C26H28N2O3/c1-18-14-21(19-8-5-4-6-9-19)15-24(27-18)20-10-7-13-28(17-20)26(29)23-12-11-22(30-2)16-25(23)31-3/h4-6,8-9,11-12,14-16,20H,7,10,13,17H2,1-3H3. The molecule has 3 aromatic rings. The van der Waals surface area contributed by atoms with Crippen molar-refractivity contribution in [2.24, 2.45) is 0 Å². The highest BCUT2D eigenvalue weighted by atomic mass is 16.5. The Morgan fingerprint density at radius 2 is 1.81 bits per heavy atom. The van der Waals surface area contributed by atoms with Crippen LogP contribution < -0.4 is 9.47 Å². The van der Waals surface area contributed by atoms with Crippen molar-refractivity contribution in [2.75, 3.05) is 27.3 Å². The summed E-state index contributed by atoms with van der Waals surface area (Å²) in [4.78, 5) is 20.0. The van der Waals surface area contributed by atoms with Crippen LogP contribution in [0.5, 0.6) is 11.5 Å². The van der Waals surface area contributed by atoms with Gasteiger partial charge in [-0.1, -0.05) is 30.3 Å². The second kappa shape index (κ2) is 9.21. The molecule has 0 aliphatic carbocycles. The van der Waals surface area contributed by atoms with Crippen LogP contribution in [0.2, 0.25) is 0 Å². The van der Waals surface area contributed by atoms with Gasteiger partial charge in [-0.25, -0.2) is 0 Å². The Labute approximate surface area is 183 Å². The quantitative estimate of drug-likeness (QED) is 0.581. The lowest BCUT2D eigenvalue weighted by molar-refractivity contribution is 0.0702. The first-order valence-electron chi connectivity index (χ1n) is 10.6. The predicted octanol–water partition coefficient (Wildman–Crippen LogP) is 5.09. The predicted molar refractivity (Wildman–Crippen MR) is 122 cm³/mol. The summed E-state index contributed by atoms with van der Waals surface area (Å²) in [5.41, 5.74) is 4.96. The zero-order valence-corrected chi connectivity index (χ0v) is 18.3. The first-order valence-corrected chi connectivity index (χ1v) is 10.6. The number of aryl methyl sites for hydroxylation is 1. The van der Waals surface area contributed by atoms with E-state index in [4.69, 9.17) is 14.5 Å². The van der Waals surface area contributed by atoms with Gasteiger partial charge < -0.3 is 14.4 Å². The monoisotopic (exact) mass is 416 g/mol. The molecule has 0 spiro atoms. The third kappa shape index (κ3) is 4.55. The van der Waals surface area contributed by atoms with Crippen molar-refractivity contribution < 1.29 is 14.3 Å². The molecule has 0 N–H and O–H groups in total. The van der Waals surface area contributed by atoms with Crippen LogP contribution in [0.4, 0.5) is 0 Å². The van der Waals surface area contributed by atoms with Crippen LogP contribution in [0.15, 0.2) is 60.7 Å². The van der Waals surface area contributed by atoms with Gasteiger partial charge in [-0.2, -0.15) is 0 Å². The maximum atomic E-state index is 13.3. The second-order valence-corrected chi connectivity index (χ2v) is 7.94. The molecule has 1 aliphatic rings. The maximum Gasteiger partial charge on any atom is 0.257 e. The fourth-order valence-electron chi connectivity index (χ4n) is 4.25. The molecule has 1 atom stereocenters. The van der Waals surface area contributed by atoms with Crippen molar-refractivity contribution in [1.29, 1.82) is 0 Å². The molecular weight excluding hydrogens is 388 g/mol. The van der Waals surface area contributed by atoms with E-state index in [1.165, 1.54) is 11.1 Å². The molecule has 1 amide bonds. The molecule has 2 heterocycles. The van der Waals surface area contributed by atoms with Gasteiger partial charge in [0.15, 0.2) is 0 Å². The molecule has 2 aromatic carbocycles. The van der Waals surface area contributed by atoms with Crippen LogP contribution >= 0.6 is 0 Å². The number of carbonyl (C=O) groups excluding carboxylic acids is 1. The van der Waals surface area contributed by atoms with Gasteiger partial charge in [-0.3, -0.25) is 9.78 Å². The molecule has 1 unspecified atom stereocenters. The number of hydrogen-bond donors (Lipinski definition) is 0. The highest BCUT2D eigenvalue weighted by Gasteiger charge is 2.28. The zero-order valence-electron chi connectivity index (χ0n) is 18.3. The fraction of sp³-hybridized carbons (Fsp3) is 0.308. The van der Waals surface area contributed by atoms with E-state index in [9.17, 15) is 4.79 Å². The SMILES string of the molecule is COc1ccc(C(=O)N2CCCC(c3cc(-c4ccccc4)cc(C)n3)C2)c(OC)c1. The molecule has 160 valence electrons. The summed E-state index contributed by atoms with van der Waals surface area (Å²) in [5, 5.41) is 0. The number of ether oxygens (including phenoxy) is 2. The van der Waals surface area contributed by atoms with Crippen LogP contribution in [0.1, 0.15) is 40.5 Å². The topological polar surface area (TPSA) is 51.7 Å². The van der Waals surface area contributed by atoms with E-state index >= 15 is 0 Å².